The van der Waals surface area contributed by atoms with Crippen LogP contribution in [0.15, 0.2) is 0 Å². The van der Waals surface area contributed by atoms with E-state index in [1.807, 2.05) is 0 Å². The molecule has 2 unspecified atom stereocenters. The summed E-state index contributed by atoms with van der Waals surface area (Å²) >= 11 is 0. The zero-order valence-corrected chi connectivity index (χ0v) is 13.6. The number of hydrogen-bond acceptors (Lipinski definition) is 0. The van der Waals surface area contributed by atoms with E-state index in [4.69, 9.17) is 0 Å². The summed E-state index contributed by atoms with van der Waals surface area (Å²) in [6, 6.07) is 0. The average Bonchev–Trinajstić information content (AvgIpc) is 2.35. The van der Waals surface area contributed by atoms with Crippen molar-refractivity contribution < 1.29 is 0 Å². The van der Waals surface area contributed by atoms with E-state index in [0.29, 0.717) is 0 Å². The fourth-order valence-electron chi connectivity index (χ4n) is 3.09. The van der Waals surface area contributed by atoms with Crippen LogP contribution in [0.25, 0.3) is 0 Å². The summed E-state index contributed by atoms with van der Waals surface area (Å²) in [7, 11) is 0. The summed E-state index contributed by atoms with van der Waals surface area (Å²) in [6.07, 6.45) is 17.3. The highest BCUT2D eigenvalue weighted by Gasteiger charge is 2.12. The zero-order chi connectivity index (χ0) is 13.6. The Kier molecular flexibility index (Phi) is 13.4. The molecule has 0 radical (unpaired) electrons. The SMILES string of the molecule is CCCCCCCC(CCCC)CC(C)CCC. The van der Waals surface area contributed by atoms with Crippen LogP contribution in [0.2, 0.25) is 0 Å². The van der Waals surface area contributed by atoms with Crippen molar-refractivity contribution in [3.63, 3.8) is 0 Å². The van der Waals surface area contributed by atoms with Gasteiger partial charge in [-0.2, -0.15) is 0 Å². The second kappa shape index (κ2) is 13.4. The Labute approximate surface area is 117 Å². The first-order chi connectivity index (χ1) is 8.74. The summed E-state index contributed by atoms with van der Waals surface area (Å²) in [5.41, 5.74) is 0. The highest BCUT2D eigenvalue weighted by molar-refractivity contribution is 4.64. The van der Waals surface area contributed by atoms with Crippen molar-refractivity contribution in [2.24, 2.45) is 11.8 Å². The van der Waals surface area contributed by atoms with Gasteiger partial charge in [-0.25, -0.2) is 0 Å². The van der Waals surface area contributed by atoms with Gasteiger partial charge in [-0.1, -0.05) is 98.3 Å². The molecule has 0 fully saturated rings. The molecular formula is C18H38. The van der Waals surface area contributed by atoms with Crippen molar-refractivity contribution in [2.45, 2.75) is 105 Å². The van der Waals surface area contributed by atoms with Crippen LogP contribution in [0.3, 0.4) is 0 Å². The van der Waals surface area contributed by atoms with Crippen LogP contribution in [0.5, 0.6) is 0 Å². The van der Waals surface area contributed by atoms with Crippen molar-refractivity contribution in [1.82, 2.24) is 0 Å². The van der Waals surface area contributed by atoms with Gasteiger partial charge >= 0.3 is 0 Å². The first-order valence-corrected chi connectivity index (χ1v) is 8.74. The molecule has 0 heteroatoms. The Morgan fingerprint density at radius 3 is 1.83 bits per heavy atom. The summed E-state index contributed by atoms with van der Waals surface area (Å²) in [4.78, 5) is 0. The molecule has 2 atom stereocenters. The fourth-order valence-corrected chi connectivity index (χ4v) is 3.09. The van der Waals surface area contributed by atoms with Gasteiger partial charge in [0.15, 0.2) is 0 Å². The highest BCUT2D eigenvalue weighted by Crippen LogP contribution is 2.26. The van der Waals surface area contributed by atoms with Crippen LogP contribution in [0.1, 0.15) is 105 Å². The summed E-state index contributed by atoms with van der Waals surface area (Å²) in [6.45, 7) is 9.41. The Morgan fingerprint density at radius 2 is 1.22 bits per heavy atom. The topological polar surface area (TPSA) is 0 Å². The van der Waals surface area contributed by atoms with Gasteiger partial charge in [0, 0.05) is 0 Å². The van der Waals surface area contributed by atoms with E-state index in [0.717, 1.165) is 11.8 Å². The molecule has 0 saturated heterocycles. The van der Waals surface area contributed by atoms with E-state index in [1.165, 1.54) is 77.0 Å². The lowest BCUT2D eigenvalue weighted by molar-refractivity contribution is 0.320. The van der Waals surface area contributed by atoms with E-state index >= 15 is 0 Å². The third kappa shape index (κ3) is 11.1. The minimum atomic E-state index is 0.951. The van der Waals surface area contributed by atoms with Crippen molar-refractivity contribution in [3.8, 4) is 0 Å². The van der Waals surface area contributed by atoms with Gasteiger partial charge in [0.2, 0.25) is 0 Å². The van der Waals surface area contributed by atoms with Crippen LogP contribution in [0.4, 0.5) is 0 Å². The molecule has 0 bridgehead atoms. The molecular weight excluding hydrogens is 216 g/mol. The summed E-state index contributed by atoms with van der Waals surface area (Å²) in [5, 5.41) is 0. The molecule has 0 aliphatic carbocycles. The molecule has 0 heterocycles. The van der Waals surface area contributed by atoms with Gasteiger partial charge in [-0.15, -0.1) is 0 Å². The van der Waals surface area contributed by atoms with Gasteiger partial charge < -0.3 is 0 Å². The zero-order valence-electron chi connectivity index (χ0n) is 13.6. The van der Waals surface area contributed by atoms with Crippen LogP contribution in [0, 0.1) is 11.8 Å². The molecule has 0 spiro atoms. The second-order valence-electron chi connectivity index (χ2n) is 6.34. The number of rotatable bonds is 13. The lowest BCUT2D eigenvalue weighted by Crippen LogP contribution is -2.07. The van der Waals surface area contributed by atoms with Gasteiger partial charge in [-0.05, 0) is 18.3 Å². The first-order valence-electron chi connectivity index (χ1n) is 8.74. The largest absolute Gasteiger partial charge is 0.0654 e. The minimum Gasteiger partial charge on any atom is -0.0654 e. The standard InChI is InChI=1S/C18H38/c1-5-8-10-11-12-15-18(14-9-6-2)16-17(4)13-7-3/h17-18H,5-16H2,1-4H3. The minimum absolute atomic E-state index is 0.951. The van der Waals surface area contributed by atoms with E-state index in [9.17, 15) is 0 Å². The molecule has 0 aliphatic rings. The van der Waals surface area contributed by atoms with Gasteiger partial charge in [0.25, 0.3) is 0 Å². The predicted octanol–water partition coefficient (Wildman–Crippen LogP) is 6.98. The maximum Gasteiger partial charge on any atom is -0.0412 e. The molecule has 0 aromatic rings. The third-order valence-electron chi connectivity index (χ3n) is 4.20. The average molecular weight is 255 g/mol. The van der Waals surface area contributed by atoms with Crippen LogP contribution >= 0.6 is 0 Å². The third-order valence-corrected chi connectivity index (χ3v) is 4.20. The van der Waals surface area contributed by atoms with Gasteiger partial charge in [0.05, 0.1) is 0 Å². The fraction of sp³-hybridized carbons (Fsp3) is 1.00. The summed E-state index contributed by atoms with van der Waals surface area (Å²) < 4.78 is 0. The van der Waals surface area contributed by atoms with E-state index < -0.39 is 0 Å². The highest BCUT2D eigenvalue weighted by atomic mass is 14.2. The molecule has 0 aromatic carbocycles. The second-order valence-corrected chi connectivity index (χ2v) is 6.34. The Hall–Kier alpha value is 0. The summed E-state index contributed by atoms with van der Waals surface area (Å²) in [5.74, 6) is 1.97. The van der Waals surface area contributed by atoms with Crippen molar-refractivity contribution >= 4 is 0 Å². The molecule has 0 amide bonds. The number of unbranched alkanes of at least 4 members (excludes halogenated alkanes) is 5. The molecule has 0 nitrogen and oxygen atoms in total. The number of hydrogen-bond donors (Lipinski definition) is 0. The van der Waals surface area contributed by atoms with Crippen molar-refractivity contribution in [3.05, 3.63) is 0 Å². The Morgan fingerprint density at radius 1 is 0.611 bits per heavy atom. The van der Waals surface area contributed by atoms with E-state index in [2.05, 4.69) is 27.7 Å². The smallest absolute Gasteiger partial charge is 0.0412 e. The first kappa shape index (κ1) is 18.0. The van der Waals surface area contributed by atoms with Crippen LogP contribution < -0.4 is 0 Å². The van der Waals surface area contributed by atoms with Gasteiger partial charge in [0.1, 0.15) is 0 Å². The quantitative estimate of drug-likeness (QED) is 0.311. The van der Waals surface area contributed by atoms with Crippen LogP contribution in [-0.4, -0.2) is 0 Å². The normalized spacial score (nSPS) is 14.7. The van der Waals surface area contributed by atoms with Crippen molar-refractivity contribution in [1.29, 1.82) is 0 Å². The maximum atomic E-state index is 2.46. The molecule has 0 rings (SSSR count). The van der Waals surface area contributed by atoms with E-state index in [-0.39, 0.29) is 0 Å². The van der Waals surface area contributed by atoms with Gasteiger partial charge in [-0.3, -0.25) is 0 Å². The molecule has 0 saturated carbocycles. The molecule has 110 valence electrons. The Balaban J connectivity index is 3.75. The van der Waals surface area contributed by atoms with Crippen molar-refractivity contribution in [2.75, 3.05) is 0 Å². The molecule has 18 heavy (non-hydrogen) atoms. The molecule has 0 aromatic heterocycles. The lowest BCUT2D eigenvalue weighted by atomic mass is 9.85. The molecule has 0 aliphatic heterocycles. The monoisotopic (exact) mass is 254 g/mol. The van der Waals surface area contributed by atoms with Crippen LogP contribution in [-0.2, 0) is 0 Å². The Bertz CT molecular complexity index is 150. The molecule has 0 N–H and O–H groups in total. The lowest BCUT2D eigenvalue weighted by Gasteiger charge is -2.20. The van der Waals surface area contributed by atoms with E-state index in [1.54, 1.807) is 0 Å². The maximum absolute atomic E-state index is 2.46. The predicted molar refractivity (Wildman–Crippen MR) is 85.1 cm³/mol.